The lowest BCUT2D eigenvalue weighted by Gasteiger charge is -2.26. The third kappa shape index (κ3) is 6.99. The minimum absolute atomic E-state index is 0.181. The average molecular weight is 304 g/mol. The van der Waals surface area contributed by atoms with Gasteiger partial charge in [0.25, 0.3) is 0 Å². The third-order valence-electron chi connectivity index (χ3n) is 2.84. The predicted octanol–water partition coefficient (Wildman–Crippen LogP) is 1.94. The lowest BCUT2D eigenvalue weighted by Crippen LogP contribution is -2.43. The second-order valence-corrected chi connectivity index (χ2v) is 4.67. The summed E-state index contributed by atoms with van der Waals surface area (Å²) in [6, 6.07) is 8.78. The van der Waals surface area contributed by atoms with E-state index in [1.165, 1.54) is 0 Å². The van der Waals surface area contributed by atoms with Gasteiger partial charge < -0.3 is 15.3 Å². The molecular weight excluding hydrogens is 285 g/mol. The Morgan fingerprint density at radius 3 is 2.48 bits per heavy atom. The van der Waals surface area contributed by atoms with E-state index in [0.717, 1.165) is 0 Å². The largest absolute Gasteiger partial charge is 0.405 e. The number of amides is 1. The Labute approximate surface area is 121 Å². The van der Waals surface area contributed by atoms with Crippen LogP contribution in [0.1, 0.15) is 13.3 Å². The number of anilines is 1. The van der Waals surface area contributed by atoms with Crippen LogP contribution in [0.2, 0.25) is 0 Å². The molecule has 0 radical (unpaired) electrons. The van der Waals surface area contributed by atoms with Crippen LogP contribution in [-0.2, 0) is 4.79 Å². The number of carbonyl (C=O) groups is 1. The van der Waals surface area contributed by atoms with Crippen LogP contribution in [0.5, 0.6) is 0 Å². The molecule has 118 valence electrons. The molecule has 0 saturated carbocycles. The summed E-state index contributed by atoms with van der Waals surface area (Å²) in [5.41, 5.74) is 0.673. The van der Waals surface area contributed by atoms with Crippen molar-refractivity contribution in [3.8, 4) is 0 Å². The zero-order chi connectivity index (χ0) is 15.9. The van der Waals surface area contributed by atoms with Crippen molar-refractivity contribution in [2.24, 2.45) is 0 Å². The Morgan fingerprint density at radius 1 is 1.33 bits per heavy atom. The number of carbonyl (C=O) groups excluding carboxylic acids is 1. The van der Waals surface area contributed by atoms with Crippen LogP contribution >= 0.6 is 0 Å². The van der Waals surface area contributed by atoms with Crippen LogP contribution < -0.4 is 10.2 Å². The van der Waals surface area contributed by atoms with Gasteiger partial charge in [0, 0.05) is 12.2 Å². The molecule has 1 atom stereocenters. The number of hydrogen-bond acceptors (Lipinski definition) is 3. The molecule has 4 nitrogen and oxygen atoms in total. The fourth-order valence-corrected chi connectivity index (χ4v) is 1.71. The van der Waals surface area contributed by atoms with Crippen LogP contribution in [0, 0.1) is 0 Å². The first-order valence-corrected chi connectivity index (χ1v) is 6.63. The van der Waals surface area contributed by atoms with Crippen molar-refractivity contribution < 1.29 is 23.1 Å². The van der Waals surface area contributed by atoms with E-state index in [9.17, 15) is 23.1 Å². The second-order valence-electron chi connectivity index (χ2n) is 4.67. The maximum absolute atomic E-state index is 12.1. The van der Waals surface area contributed by atoms with E-state index < -0.39 is 24.7 Å². The van der Waals surface area contributed by atoms with Gasteiger partial charge in [-0.25, -0.2) is 0 Å². The van der Waals surface area contributed by atoms with E-state index in [-0.39, 0.29) is 13.1 Å². The Kier molecular flexibility index (Phi) is 6.48. The number of aliphatic hydroxyl groups excluding tert-OH is 1. The monoisotopic (exact) mass is 304 g/mol. The van der Waals surface area contributed by atoms with Crippen molar-refractivity contribution in [2.75, 3.05) is 24.5 Å². The Hall–Kier alpha value is -1.76. The number of benzene rings is 1. The van der Waals surface area contributed by atoms with E-state index in [4.69, 9.17) is 0 Å². The van der Waals surface area contributed by atoms with Gasteiger partial charge >= 0.3 is 6.18 Å². The number of nitrogens with one attached hydrogen (secondary N) is 1. The van der Waals surface area contributed by atoms with Crippen molar-refractivity contribution in [3.05, 3.63) is 30.3 Å². The maximum atomic E-state index is 12.1. The summed E-state index contributed by atoms with van der Waals surface area (Å²) in [4.78, 5) is 13.2. The first-order valence-electron chi connectivity index (χ1n) is 6.63. The van der Waals surface area contributed by atoms with Gasteiger partial charge in [0.1, 0.15) is 6.54 Å². The highest BCUT2D eigenvalue weighted by Gasteiger charge is 2.28. The minimum atomic E-state index is -4.43. The van der Waals surface area contributed by atoms with Gasteiger partial charge in [-0.15, -0.1) is 0 Å². The van der Waals surface area contributed by atoms with Gasteiger partial charge in [-0.05, 0) is 18.6 Å². The van der Waals surface area contributed by atoms with Gasteiger partial charge in [0.15, 0.2) is 0 Å². The van der Waals surface area contributed by atoms with Crippen LogP contribution in [0.25, 0.3) is 0 Å². The van der Waals surface area contributed by atoms with Crippen molar-refractivity contribution >= 4 is 11.6 Å². The first kappa shape index (κ1) is 17.3. The van der Waals surface area contributed by atoms with E-state index in [0.29, 0.717) is 12.1 Å². The predicted molar refractivity (Wildman–Crippen MR) is 74.0 cm³/mol. The first-order chi connectivity index (χ1) is 9.81. The molecule has 21 heavy (non-hydrogen) atoms. The summed E-state index contributed by atoms with van der Waals surface area (Å²) in [7, 11) is 0. The molecule has 0 aromatic heterocycles. The molecule has 1 aromatic rings. The molecule has 0 aliphatic carbocycles. The smallest absolute Gasteiger partial charge is 0.391 e. The molecule has 1 rings (SSSR count). The minimum Gasteiger partial charge on any atom is -0.391 e. The molecule has 1 aromatic carbocycles. The standard InChI is InChI=1S/C14H19F3N2O2/c1-2-12(20)8-19(11-6-4-3-5-7-11)9-13(21)18-10-14(15,16)17/h3-7,12,20H,2,8-10H2,1H3,(H,18,21). The van der Waals surface area contributed by atoms with Gasteiger partial charge in [-0.3, -0.25) is 4.79 Å². The highest BCUT2D eigenvalue weighted by Crippen LogP contribution is 2.15. The average Bonchev–Trinajstić information content (AvgIpc) is 2.44. The van der Waals surface area contributed by atoms with Crippen molar-refractivity contribution in [1.29, 1.82) is 0 Å². The van der Waals surface area contributed by atoms with E-state index in [1.807, 2.05) is 5.32 Å². The molecule has 0 saturated heterocycles. The molecule has 0 bridgehead atoms. The van der Waals surface area contributed by atoms with Gasteiger partial charge in [-0.2, -0.15) is 13.2 Å². The summed E-state index contributed by atoms with van der Waals surface area (Å²) >= 11 is 0. The molecule has 0 fully saturated rings. The molecule has 7 heteroatoms. The van der Waals surface area contributed by atoms with Gasteiger partial charge in [0.2, 0.25) is 5.91 Å². The SMILES string of the molecule is CCC(O)CN(CC(=O)NCC(F)(F)F)c1ccccc1. The normalized spacial score (nSPS) is 12.8. The Bertz CT molecular complexity index is 438. The molecule has 2 N–H and O–H groups in total. The number of aliphatic hydroxyl groups is 1. The molecule has 0 heterocycles. The summed E-state index contributed by atoms with van der Waals surface area (Å²) in [6.07, 6.45) is -4.59. The quantitative estimate of drug-likeness (QED) is 0.809. The lowest BCUT2D eigenvalue weighted by atomic mass is 10.2. The summed E-state index contributed by atoms with van der Waals surface area (Å²) in [5, 5.41) is 11.5. The number of nitrogens with zero attached hydrogens (tertiary/aromatic N) is 1. The summed E-state index contributed by atoms with van der Waals surface area (Å²) in [5.74, 6) is -0.737. The summed E-state index contributed by atoms with van der Waals surface area (Å²) < 4.78 is 36.2. The Morgan fingerprint density at radius 2 is 1.95 bits per heavy atom. The zero-order valence-electron chi connectivity index (χ0n) is 11.7. The number of para-hydroxylation sites is 1. The van der Waals surface area contributed by atoms with Gasteiger partial charge in [-0.1, -0.05) is 25.1 Å². The van der Waals surface area contributed by atoms with E-state index in [1.54, 1.807) is 42.2 Å². The molecule has 0 spiro atoms. The lowest BCUT2D eigenvalue weighted by molar-refractivity contribution is -0.137. The maximum Gasteiger partial charge on any atom is 0.405 e. The number of hydrogen-bond donors (Lipinski definition) is 2. The molecule has 0 aliphatic heterocycles. The van der Waals surface area contributed by atoms with E-state index in [2.05, 4.69) is 0 Å². The fraction of sp³-hybridized carbons (Fsp3) is 0.500. The Balaban J connectivity index is 2.67. The van der Waals surface area contributed by atoms with Gasteiger partial charge in [0.05, 0.1) is 12.6 Å². The topological polar surface area (TPSA) is 52.6 Å². The number of alkyl halides is 3. The van der Waals surface area contributed by atoms with Crippen LogP contribution in [0.4, 0.5) is 18.9 Å². The molecule has 1 unspecified atom stereocenters. The highest BCUT2D eigenvalue weighted by molar-refractivity contribution is 5.81. The zero-order valence-corrected chi connectivity index (χ0v) is 11.7. The molecule has 1 amide bonds. The second kappa shape index (κ2) is 7.87. The summed E-state index contributed by atoms with van der Waals surface area (Å²) in [6.45, 7) is 0.374. The third-order valence-corrected chi connectivity index (χ3v) is 2.84. The van der Waals surface area contributed by atoms with Crippen LogP contribution in [-0.4, -0.2) is 42.9 Å². The van der Waals surface area contributed by atoms with Crippen molar-refractivity contribution in [3.63, 3.8) is 0 Å². The van der Waals surface area contributed by atoms with Crippen LogP contribution in [0.3, 0.4) is 0 Å². The van der Waals surface area contributed by atoms with Crippen molar-refractivity contribution in [2.45, 2.75) is 25.6 Å². The molecule has 0 aliphatic rings. The van der Waals surface area contributed by atoms with Crippen molar-refractivity contribution in [1.82, 2.24) is 5.32 Å². The van der Waals surface area contributed by atoms with Crippen LogP contribution in [0.15, 0.2) is 30.3 Å². The molecular formula is C14H19F3N2O2. The number of rotatable bonds is 7. The fourth-order valence-electron chi connectivity index (χ4n) is 1.71. The highest BCUT2D eigenvalue weighted by atomic mass is 19.4. The van der Waals surface area contributed by atoms with E-state index >= 15 is 0 Å². The number of halogens is 3.